The predicted molar refractivity (Wildman–Crippen MR) is 80.2 cm³/mol. The maximum Gasteiger partial charge on any atom is 0.0701 e. The Morgan fingerprint density at radius 2 is 1.50 bits per heavy atom. The first kappa shape index (κ1) is 20.2. The molecule has 0 saturated carbocycles. The number of nitrogens with one attached hydrogen (secondary N) is 1. The standard InChI is InChI=1S/C13H29NO2.C2H6/c1-4-5-6-8-15-10-11-16-9-7-14-12-13(2)3;1-2/h13-14H,4-12H2,1-3H3;1-2H3. The van der Waals surface area contributed by atoms with Gasteiger partial charge in [0.25, 0.3) is 0 Å². The lowest BCUT2D eigenvalue weighted by molar-refractivity contribution is 0.0473. The van der Waals surface area contributed by atoms with Crippen LogP contribution in [0, 0.1) is 5.92 Å². The van der Waals surface area contributed by atoms with Gasteiger partial charge in [0.05, 0.1) is 19.8 Å². The Morgan fingerprint density at radius 1 is 0.889 bits per heavy atom. The molecule has 0 radical (unpaired) electrons. The molecule has 0 rings (SSSR count). The maximum absolute atomic E-state index is 5.44. The van der Waals surface area contributed by atoms with Gasteiger partial charge < -0.3 is 14.8 Å². The molecule has 0 fully saturated rings. The predicted octanol–water partition coefficient (Wildman–Crippen LogP) is 3.48. The first-order chi connectivity index (χ1) is 8.77. The third kappa shape index (κ3) is 21.2. The quantitative estimate of drug-likeness (QED) is 0.546. The summed E-state index contributed by atoms with van der Waals surface area (Å²) in [5, 5.41) is 3.34. The molecule has 112 valence electrons. The van der Waals surface area contributed by atoms with Crippen LogP contribution in [0.5, 0.6) is 0 Å². The minimum atomic E-state index is 0.710. The monoisotopic (exact) mass is 261 g/mol. The van der Waals surface area contributed by atoms with Crippen molar-refractivity contribution in [2.45, 2.75) is 53.9 Å². The molecule has 0 bridgehead atoms. The van der Waals surface area contributed by atoms with Crippen molar-refractivity contribution in [3.05, 3.63) is 0 Å². The van der Waals surface area contributed by atoms with E-state index in [1.807, 2.05) is 13.8 Å². The van der Waals surface area contributed by atoms with Crippen LogP contribution in [0.25, 0.3) is 0 Å². The van der Waals surface area contributed by atoms with Crippen molar-refractivity contribution in [3.63, 3.8) is 0 Å². The number of unbranched alkanes of at least 4 members (excludes halogenated alkanes) is 2. The highest BCUT2D eigenvalue weighted by atomic mass is 16.5. The molecule has 0 aromatic heterocycles. The fourth-order valence-electron chi connectivity index (χ4n) is 1.31. The average molecular weight is 261 g/mol. The molecule has 0 unspecified atom stereocenters. The van der Waals surface area contributed by atoms with Crippen LogP contribution in [-0.4, -0.2) is 39.5 Å². The van der Waals surface area contributed by atoms with Gasteiger partial charge in [-0.3, -0.25) is 0 Å². The molecule has 3 heteroatoms. The molecule has 0 aliphatic carbocycles. The van der Waals surface area contributed by atoms with Gasteiger partial charge in [0.1, 0.15) is 0 Å². The summed E-state index contributed by atoms with van der Waals surface area (Å²) < 4.78 is 10.9. The van der Waals surface area contributed by atoms with Gasteiger partial charge in [-0.1, -0.05) is 47.5 Å². The molecular formula is C15H35NO2. The van der Waals surface area contributed by atoms with Crippen molar-refractivity contribution in [1.82, 2.24) is 5.32 Å². The first-order valence-corrected chi connectivity index (χ1v) is 7.63. The third-order valence-electron chi connectivity index (χ3n) is 2.24. The van der Waals surface area contributed by atoms with Gasteiger partial charge >= 0.3 is 0 Å². The summed E-state index contributed by atoms with van der Waals surface area (Å²) in [5.74, 6) is 0.710. The summed E-state index contributed by atoms with van der Waals surface area (Å²) in [7, 11) is 0. The Morgan fingerprint density at radius 3 is 2.06 bits per heavy atom. The van der Waals surface area contributed by atoms with E-state index >= 15 is 0 Å². The molecule has 0 atom stereocenters. The van der Waals surface area contributed by atoms with Gasteiger partial charge in [0.15, 0.2) is 0 Å². The van der Waals surface area contributed by atoms with E-state index in [4.69, 9.17) is 9.47 Å². The summed E-state index contributed by atoms with van der Waals surface area (Å²) in [6, 6.07) is 0. The molecule has 0 saturated heterocycles. The van der Waals surface area contributed by atoms with Gasteiger partial charge in [-0.2, -0.15) is 0 Å². The number of hydrogen-bond donors (Lipinski definition) is 1. The Labute approximate surface area is 115 Å². The van der Waals surface area contributed by atoms with Crippen molar-refractivity contribution >= 4 is 0 Å². The van der Waals surface area contributed by atoms with E-state index in [0.29, 0.717) is 5.92 Å². The minimum absolute atomic E-state index is 0.710. The highest BCUT2D eigenvalue weighted by molar-refractivity contribution is 4.49. The van der Waals surface area contributed by atoms with Crippen molar-refractivity contribution in [2.75, 3.05) is 39.5 Å². The Balaban J connectivity index is 0. The maximum atomic E-state index is 5.44. The lowest BCUT2D eigenvalue weighted by Crippen LogP contribution is -2.24. The molecule has 0 spiro atoms. The fraction of sp³-hybridized carbons (Fsp3) is 1.00. The Hall–Kier alpha value is -0.120. The van der Waals surface area contributed by atoms with Crippen molar-refractivity contribution in [2.24, 2.45) is 5.92 Å². The Kier molecular flexibility index (Phi) is 21.6. The summed E-state index contributed by atoms with van der Waals surface area (Å²) in [6.45, 7) is 15.7. The van der Waals surface area contributed by atoms with Gasteiger partial charge in [-0.25, -0.2) is 0 Å². The van der Waals surface area contributed by atoms with Gasteiger partial charge in [-0.15, -0.1) is 0 Å². The second kappa shape index (κ2) is 19.2. The molecule has 18 heavy (non-hydrogen) atoms. The molecule has 0 amide bonds. The second-order valence-electron chi connectivity index (χ2n) is 4.53. The lowest BCUT2D eigenvalue weighted by atomic mass is 10.2. The zero-order valence-electron chi connectivity index (χ0n) is 13.3. The SMILES string of the molecule is CC.CCCCCOCCOCCNCC(C)C. The zero-order valence-corrected chi connectivity index (χ0v) is 13.3. The summed E-state index contributed by atoms with van der Waals surface area (Å²) >= 11 is 0. The molecule has 0 aromatic carbocycles. The van der Waals surface area contributed by atoms with E-state index in [0.717, 1.165) is 39.5 Å². The summed E-state index contributed by atoms with van der Waals surface area (Å²) in [4.78, 5) is 0. The highest BCUT2D eigenvalue weighted by Crippen LogP contribution is 1.93. The van der Waals surface area contributed by atoms with E-state index in [2.05, 4.69) is 26.1 Å². The van der Waals surface area contributed by atoms with E-state index < -0.39 is 0 Å². The molecule has 1 N–H and O–H groups in total. The van der Waals surface area contributed by atoms with Crippen LogP contribution in [0.3, 0.4) is 0 Å². The average Bonchev–Trinajstić information content (AvgIpc) is 2.38. The zero-order chi connectivity index (χ0) is 14.1. The van der Waals surface area contributed by atoms with Crippen LogP contribution in [0.1, 0.15) is 53.9 Å². The van der Waals surface area contributed by atoms with Crippen molar-refractivity contribution in [1.29, 1.82) is 0 Å². The number of ether oxygens (including phenoxy) is 2. The minimum Gasteiger partial charge on any atom is -0.379 e. The topological polar surface area (TPSA) is 30.5 Å². The lowest BCUT2D eigenvalue weighted by Gasteiger charge is -2.08. The summed E-state index contributed by atoms with van der Waals surface area (Å²) in [6.07, 6.45) is 3.69. The smallest absolute Gasteiger partial charge is 0.0701 e. The summed E-state index contributed by atoms with van der Waals surface area (Å²) in [5.41, 5.74) is 0. The van der Waals surface area contributed by atoms with Gasteiger partial charge in [-0.05, 0) is 18.9 Å². The molecule has 0 aliphatic rings. The van der Waals surface area contributed by atoms with Crippen molar-refractivity contribution < 1.29 is 9.47 Å². The number of hydrogen-bond acceptors (Lipinski definition) is 3. The molecule has 0 aromatic rings. The van der Waals surface area contributed by atoms with Crippen LogP contribution in [-0.2, 0) is 9.47 Å². The van der Waals surface area contributed by atoms with Crippen LogP contribution in [0.15, 0.2) is 0 Å². The molecule has 3 nitrogen and oxygen atoms in total. The fourth-order valence-corrected chi connectivity index (χ4v) is 1.31. The van der Waals surface area contributed by atoms with E-state index in [1.165, 1.54) is 19.3 Å². The van der Waals surface area contributed by atoms with Crippen LogP contribution >= 0.6 is 0 Å². The number of rotatable bonds is 12. The molecule has 0 aliphatic heterocycles. The normalized spacial score (nSPS) is 10.3. The van der Waals surface area contributed by atoms with Crippen molar-refractivity contribution in [3.8, 4) is 0 Å². The van der Waals surface area contributed by atoms with Crippen LogP contribution < -0.4 is 5.32 Å². The first-order valence-electron chi connectivity index (χ1n) is 7.63. The van der Waals surface area contributed by atoms with E-state index in [-0.39, 0.29) is 0 Å². The third-order valence-corrected chi connectivity index (χ3v) is 2.24. The highest BCUT2D eigenvalue weighted by Gasteiger charge is 1.93. The molecular weight excluding hydrogens is 226 g/mol. The second-order valence-corrected chi connectivity index (χ2v) is 4.53. The largest absolute Gasteiger partial charge is 0.379 e. The van der Waals surface area contributed by atoms with E-state index in [1.54, 1.807) is 0 Å². The Bertz CT molecular complexity index is 130. The van der Waals surface area contributed by atoms with Crippen LogP contribution in [0.4, 0.5) is 0 Å². The van der Waals surface area contributed by atoms with Crippen LogP contribution in [0.2, 0.25) is 0 Å². The van der Waals surface area contributed by atoms with E-state index in [9.17, 15) is 0 Å². The van der Waals surface area contributed by atoms with Gasteiger partial charge in [0.2, 0.25) is 0 Å². The molecule has 0 heterocycles. The van der Waals surface area contributed by atoms with Gasteiger partial charge in [0, 0.05) is 13.2 Å².